The van der Waals surface area contributed by atoms with Gasteiger partial charge in [-0.1, -0.05) is 6.07 Å². The molecule has 0 aliphatic rings. The monoisotopic (exact) mass is 197 g/mol. The molecular weight excluding hydrogens is 178 g/mol. The first-order chi connectivity index (χ1) is 6.81. The molecule has 0 heterocycles. The summed E-state index contributed by atoms with van der Waals surface area (Å²) < 4.78 is 10.4. The van der Waals surface area contributed by atoms with Crippen LogP contribution >= 0.6 is 0 Å². The third-order valence-corrected chi connectivity index (χ3v) is 2.11. The smallest absolute Gasteiger partial charge is 0.160 e. The number of methoxy groups -OCH3 is 2. The van der Waals surface area contributed by atoms with Crippen LogP contribution in [-0.2, 0) is 6.42 Å². The highest BCUT2D eigenvalue weighted by Gasteiger charge is 2.03. The van der Waals surface area contributed by atoms with Crippen molar-refractivity contribution >= 4 is 0 Å². The molecular formula is C11H19NO2. The van der Waals surface area contributed by atoms with E-state index < -0.39 is 0 Å². The van der Waals surface area contributed by atoms with Gasteiger partial charge in [-0.05, 0) is 37.7 Å². The zero-order chi connectivity index (χ0) is 10.4. The molecule has 0 radical (unpaired) electrons. The maximum Gasteiger partial charge on any atom is 0.160 e. The molecule has 0 saturated carbocycles. The molecule has 1 aromatic carbocycles. The maximum absolute atomic E-state index is 5.21. The van der Waals surface area contributed by atoms with Crippen LogP contribution in [0.4, 0.5) is 0 Å². The Morgan fingerprint density at radius 2 is 1.93 bits per heavy atom. The summed E-state index contributed by atoms with van der Waals surface area (Å²) in [5.74, 6) is 1.57. The first-order valence-electron chi connectivity index (χ1n) is 4.67. The summed E-state index contributed by atoms with van der Waals surface area (Å²) in [5, 5.41) is 3.11. The molecule has 80 valence electrons. The van der Waals surface area contributed by atoms with Crippen LogP contribution in [0.15, 0.2) is 18.2 Å². The highest BCUT2D eigenvalue weighted by Crippen LogP contribution is 2.27. The highest BCUT2D eigenvalue weighted by molar-refractivity contribution is 5.42. The van der Waals surface area contributed by atoms with Gasteiger partial charge in [-0.25, -0.2) is 0 Å². The number of hydrogen-bond acceptors (Lipinski definition) is 3. The van der Waals surface area contributed by atoms with Crippen LogP contribution in [0.25, 0.3) is 0 Å². The van der Waals surface area contributed by atoms with Crippen molar-refractivity contribution in [2.75, 3.05) is 27.8 Å². The fourth-order valence-electron chi connectivity index (χ4n) is 1.31. The van der Waals surface area contributed by atoms with Crippen molar-refractivity contribution in [1.29, 1.82) is 0 Å². The molecule has 0 spiro atoms. The fourth-order valence-corrected chi connectivity index (χ4v) is 1.31. The van der Waals surface area contributed by atoms with Gasteiger partial charge >= 0.3 is 0 Å². The summed E-state index contributed by atoms with van der Waals surface area (Å²) >= 11 is 0. The lowest BCUT2D eigenvalue weighted by Gasteiger charge is -2.09. The Hall–Kier alpha value is -1.22. The molecule has 1 aromatic rings. The van der Waals surface area contributed by atoms with E-state index in [1.165, 1.54) is 5.56 Å². The van der Waals surface area contributed by atoms with E-state index in [1.54, 1.807) is 14.2 Å². The van der Waals surface area contributed by atoms with Gasteiger partial charge in [-0.3, -0.25) is 0 Å². The van der Waals surface area contributed by atoms with Crippen LogP contribution in [0, 0.1) is 0 Å². The maximum atomic E-state index is 5.21. The van der Waals surface area contributed by atoms with Crippen molar-refractivity contribution in [3.8, 4) is 11.5 Å². The second-order valence-corrected chi connectivity index (χ2v) is 3.04. The van der Waals surface area contributed by atoms with Gasteiger partial charge in [0.25, 0.3) is 0 Å². The molecule has 14 heavy (non-hydrogen) atoms. The molecule has 0 bridgehead atoms. The van der Waals surface area contributed by atoms with Gasteiger partial charge in [0.05, 0.1) is 14.2 Å². The average Bonchev–Trinajstić information content (AvgIpc) is 2.25. The largest absolute Gasteiger partial charge is 0.493 e. The van der Waals surface area contributed by atoms with E-state index >= 15 is 0 Å². The van der Waals surface area contributed by atoms with Crippen LogP contribution in [0.2, 0.25) is 0 Å². The van der Waals surface area contributed by atoms with Crippen molar-refractivity contribution in [2.24, 2.45) is 0 Å². The first kappa shape index (κ1) is 10.9. The summed E-state index contributed by atoms with van der Waals surface area (Å²) in [4.78, 5) is 0. The van der Waals surface area contributed by atoms with E-state index in [4.69, 9.17) is 9.47 Å². The first-order valence-corrected chi connectivity index (χ1v) is 4.67. The van der Waals surface area contributed by atoms with Crippen LogP contribution in [-0.4, -0.2) is 27.8 Å². The lowest BCUT2D eigenvalue weighted by molar-refractivity contribution is 0.354. The molecule has 0 unspecified atom stereocenters. The Balaban J connectivity index is 0.00000196. The molecule has 0 fully saturated rings. The average molecular weight is 197 g/mol. The predicted molar refractivity (Wildman–Crippen MR) is 59.3 cm³/mol. The van der Waals surface area contributed by atoms with Gasteiger partial charge in [0.15, 0.2) is 11.5 Å². The highest BCUT2D eigenvalue weighted by atomic mass is 16.5. The van der Waals surface area contributed by atoms with Gasteiger partial charge in [0.1, 0.15) is 0 Å². The Kier molecular flexibility index (Phi) is 4.26. The molecule has 1 rings (SSSR count). The minimum absolute atomic E-state index is 0. The topological polar surface area (TPSA) is 30.5 Å². The summed E-state index contributed by atoms with van der Waals surface area (Å²) in [6.45, 7) is 0.968. The van der Waals surface area contributed by atoms with Gasteiger partial charge in [-0.15, -0.1) is 0 Å². The Morgan fingerprint density at radius 1 is 1.21 bits per heavy atom. The molecule has 0 atom stereocenters. The minimum atomic E-state index is 0. The van der Waals surface area contributed by atoms with Crippen LogP contribution < -0.4 is 14.8 Å². The van der Waals surface area contributed by atoms with Gasteiger partial charge in [-0.2, -0.15) is 0 Å². The van der Waals surface area contributed by atoms with Crippen molar-refractivity contribution in [2.45, 2.75) is 6.42 Å². The van der Waals surface area contributed by atoms with Crippen molar-refractivity contribution in [3.63, 3.8) is 0 Å². The van der Waals surface area contributed by atoms with E-state index in [1.807, 2.05) is 19.2 Å². The predicted octanol–water partition coefficient (Wildman–Crippen LogP) is 1.71. The van der Waals surface area contributed by atoms with E-state index in [0.717, 1.165) is 24.5 Å². The third-order valence-electron chi connectivity index (χ3n) is 2.11. The normalized spacial score (nSPS) is 9.93. The lowest BCUT2D eigenvalue weighted by Crippen LogP contribution is -2.10. The third kappa shape index (κ3) is 2.64. The summed E-state index contributed by atoms with van der Waals surface area (Å²) in [6.07, 6.45) is 0.997. The number of nitrogens with one attached hydrogen (secondary N) is 1. The lowest BCUT2D eigenvalue weighted by atomic mass is 10.1. The number of likely N-dealkylation sites (N-methyl/N-ethyl adjacent to an activating group) is 1. The number of hydrogen-bond donors (Lipinski definition) is 1. The Labute approximate surface area is 86.5 Å². The molecule has 3 heteroatoms. The van der Waals surface area contributed by atoms with Gasteiger partial charge in [0.2, 0.25) is 0 Å². The molecule has 0 aromatic heterocycles. The van der Waals surface area contributed by atoms with Crippen molar-refractivity contribution in [3.05, 3.63) is 23.8 Å². The van der Waals surface area contributed by atoms with Gasteiger partial charge in [0, 0.05) is 1.43 Å². The molecule has 0 amide bonds. The quantitative estimate of drug-likeness (QED) is 0.779. The Bertz CT molecular complexity index is 292. The van der Waals surface area contributed by atoms with E-state index in [-0.39, 0.29) is 1.43 Å². The van der Waals surface area contributed by atoms with E-state index in [9.17, 15) is 0 Å². The summed E-state index contributed by atoms with van der Waals surface area (Å²) in [6, 6.07) is 6.00. The molecule has 0 saturated heterocycles. The molecule has 0 aliphatic heterocycles. The number of rotatable bonds is 5. The summed E-state index contributed by atoms with van der Waals surface area (Å²) in [5.41, 5.74) is 1.25. The zero-order valence-electron chi connectivity index (χ0n) is 8.96. The molecule has 3 nitrogen and oxygen atoms in total. The number of ether oxygens (including phenoxy) is 2. The zero-order valence-corrected chi connectivity index (χ0v) is 8.96. The SMILES string of the molecule is CNCCc1ccc(OC)c(OC)c1.[HH]. The summed E-state index contributed by atoms with van der Waals surface area (Å²) in [7, 11) is 5.24. The van der Waals surface area contributed by atoms with Crippen LogP contribution in [0.3, 0.4) is 0 Å². The second kappa shape index (κ2) is 5.50. The number of benzene rings is 1. The van der Waals surface area contributed by atoms with E-state index in [0.29, 0.717) is 0 Å². The Morgan fingerprint density at radius 3 is 2.50 bits per heavy atom. The molecule has 0 aliphatic carbocycles. The van der Waals surface area contributed by atoms with Crippen molar-refractivity contribution < 1.29 is 10.9 Å². The molecule has 1 N–H and O–H groups in total. The fraction of sp³-hybridized carbons (Fsp3) is 0.455. The second-order valence-electron chi connectivity index (χ2n) is 3.04. The van der Waals surface area contributed by atoms with Crippen LogP contribution in [0.1, 0.15) is 6.99 Å². The van der Waals surface area contributed by atoms with Crippen molar-refractivity contribution in [1.82, 2.24) is 5.32 Å². The van der Waals surface area contributed by atoms with Crippen LogP contribution in [0.5, 0.6) is 11.5 Å². The standard InChI is InChI=1S/C11H17NO2.H2/c1-12-7-6-9-4-5-10(13-2)11(8-9)14-3;/h4-5,8,12H,6-7H2,1-3H3;1H. The minimum Gasteiger partial charge on any atom is -0.493 e. The van der Waals surface area contributed by atoms with Gasteiger partial charge < -0.3 is 14.8 Å². The van der Waals surface area contributed by atoms with E-state index in [2.05, 4.69) is 11.4 Å².